The zero-order valence-corrected chi connectivity index (χ0v) is 11.4. The smallest absolute Gasteiger partial charge is 0.319 e. The summed E-state index contributed by atoms with van der Waals surface area (Å²) in [6.45, 7) is 3.98. The predicted octanol–water partition coefficient (Wildman–Crippen LogP) is 2.55. The van der Waals surface area contributed by atoms with E-state index in [2.05, 4.69) is 15.0 Å². The van der Waals surface area contributed by atoms with Gasteiger partial charge in [0.1, 0.15) is 11.9 Å². The summed E-state index contributed by atoms with van der Waals surface area (Å²) in [4.78, 5) is 13.0. The van der Waals surface area contributed by atoms with Crippen LogP contribution in [0.25, 0.3) is 0 Å². The van der Waals surface area contributed by atoms with Crippen LogP contribution in [0.4, 0.5) is 0 Å². The molecule has 1 heterocycles. The molecule has 1 saturated carbocycles. The van der Waals surface area contributed by atoms with Crippen molar-refractivity contribution in [2.75, 3.05) is 0 Å². The third-order valence-electron chi connectivity index (χ3n) is 3.33. The van der Waals surface area contributed by atoms with E-state index in [0.29, 0.717) is 11.7 Å². The number of hydrogen-bond acceptors (Lipinski definition) is 4. The molecule has 0 unspecified atom stereocenters. The summed E-state index contributed by atoms with van der Waals surface area (Å²) in [7, 11) is 1.89. The van der Waals surface area contributed by atoms with Gasteiger partial charge in [0.2, 0.25) is 7.28 Å². The lowest BCUT2D eigenvalue weighted by molar-refractivity contribution is 0.167. The monoisotopic (exact) mass is 262 g/mol. The maximum atomic E-state index is 5.94. The van der Waals surface area contributed by atoms with Gasteiger partial charge in [-0.05, 0) is 25.7 Å². The Hall–Kier alpha value is -1.13. The molecule has 0 amide bonds. The third-order valence-corrected chi connectivity index (χ3v) is 3.33. The molecule has 0 saturated heterocycles. The normalized spacial score (nSPS) is 16.3. The summed E-state index contributed by atoms with van der Waals surface area (Å²) < 4.78 is 5.94. The van der Waals surface area contributed by atoms with Gasteiger partial charge in [0.25, 0.3) is 0 Å². The molecule has 1 aliphatic rings. The molecule has 19 heavy (non-hydrogen) atoms. The third kappa shape index (κ3) is 4.81. The van der Waals surface area contributed by atoms with Crippen molar-refractivity contribution in [1.82, 2.24) is 15.0 Å². The van der Waals surface area contributed by atoms with Crippen molar-refractivity contribution in [1.29, 1.82) is 0 Å². The van der Waals surface area contributed by atoms with Crippen LogP contribution in [0.15, 0.2) is 0 Å². The van der Waals surface area contributed by atoms with Crippen LogP contribution >= 0.6 is 0 Å². The highest BCUT2D eigenvalue weighted by atomic mass is 16.5. The summed E-state index contributed by atoms with van der Waals surface area (Å²) in [5.41, 5.74) is 0.713. The lowest BCUT2D eigenvalue weighted by atomic mass is 9.81. The molecular weight excluding hydrogens is 237 g/mol. The van der Waals surface area contributed by atoms with Crippen molar-refractivity contribution in [3.63, 3.8) is 0 Å². The van der Waals surface area contributed by atoms with Crippen molar-refractivity contribution >= 4 is 13.0 Å². The minimum atomic E-state index is 0. The zero-order chi connectivity index (χ0) is 12.8. The van der Waals surface area contributed by atoms with Crippen LogP contribution in [-0.4, -0.2) is 28.3 Å². The molecule has 0 N–H and O–H groups in total. The quantitative estimate of drug-likeness (QED) is 0.618. The molecule has 1 aliphatic carbocycles. The lowest BCUT2D eigenvalue weighted by Gasteiger charge is -2.15. The Morgan fingerprint density at radius 3 is 2.37 bits per heavy atom. The highest BCUT2D eigenvalue weighted by molar-refractivity contribution is 6.49. The molecule has 0 aliphatic heterocycles. The van der Waals surface area contributed by atoms with Gasteiger partial charge in [-0.15, -0.1) is 0 Å². The van der Waals surface area contributed by atoms with Crippen LogP contribution < -0.4 is 10.5 Å². The van der Waals surface area contributed by atoms with E-state index in [1.807, 2.05) is 21.0 Å². The summed E-state index contributed by atoms with van der Waals surface area (Å²) in [5, 5.41) is 0. The first-order chi connectivity index (χ1) is 8.81. The molecule has 1 aromatic heterocycles. The van der Waals surface area contributed by atoms with E-state index in [9.17, 15) is 0 Å². The second-order valence-electron chi connectivity index (χ2n) is 4.77. The van der Waals surface area contributed by atoms with Gasteiger partial charge in [-0.1, -0.05) is 34.0 Å². The molecule has 0 bridgehead atoms. The fourth-order valence-corrected chi connectivity index (χ4v) is 2.26. The largest absolute Gasteiger partial charge is 0.460 e. The fraction of sp³-hybridized carbons (Fsp3) is 0.786. The van der Waals surface area contributed by atoms with Crippen LogP contribution in [0.1, 0.15) is 58.7 Å². The van der Waals surface area contributed by atoms with E-state index in [1.54, 1.807) is 0 Å². The average Bonchev–Trinajstić information content (AvgIpc) is 2.67. The van der Waals surface area contributed by atoms with E-state index in [4.69, 9.17) is 4.74 Å². The number of aryl methyl sites for hydroxylation is 1. The van der Waals surface area contributed by atoms with Crippen molar-refractivity contribution in [2.24, 2.45) is 0 Å². The first-order valence-electron chi connectivity index (χ1n) is 7.02. The van der Waals surface area contributed by atoms with Gasteiger partial charge < -0.3 is 4.74 Å². The van der Waals surface area contributed by atoms with Crippen LogP contribution in [0.3, 0.4) is 0 Å². The van der Waals surface area contributed by atoms with Crippen LogP contribution in [0.5, 0.6) is 6.01 Å². The highest BCUT2D eigenvalue weighted by Gasteiger charge is 2.16. The Bertz CT molecular complexity index is 357. The molecular formula is C14H25BN3O. The Labute approximate surface area is 117 Å². The number of aromatic nitrogens is 3. The summed E-state index contributed by atoms with van der Waals surface area (Å²) in [6.07, 6.45) is 8.49. The van der Waals surface area contributed by atoms with E-state index >= 15 is 0 Å². The maximum absolute atomic E-state index is 5.94. The first-order valence-corrected chi connectivity index (χ1v) is 7.02. The second-order valence-corrected chi connectivity index (χ2v) is 4.77. The molecule has 4 nitrogen and oxygen atoms in total. The topological polar surface area (TPSA) is 47.9 Å². The summed E-state index contributed by atoms with van der Waals surface area (Å²) >= 11 is 0. The molecule has 0 atom stereocenters. The summed E-state index contributed by atoms with van der Waals surface area (Å²) in [6, 6.07) is 0.502. The lowest BCUT2D eigenvalue weighted by Crippen LogP contribution is -2.26. The van der Waals surface area contributed by atoms with Crippen molar-refractivity contribution in [3.8, 4) is 6.01 Å². The Balaban J connectivity index is 0.00000180. The first kappa shape index (κ1) is 15.9. The van der Waals surface area contributed by atoms with E-state index in [0.717, 1.165) is 25.1 Å². The molecule has 1 radical (unpaired) electrons. The Kier molecular flexibility index (Phi) is 6.81. The SMILES string of the molecule is C.C[B]c1nc(CC)nc(OC2CCCCCC2)n1. The Morgan fingerprint density at radius 2 is 1.79 bits per heavy atom. The zero-order valence-electron chi connectivity index (χ0n) is 11.4. The van der Waals surface area contributed by atoms with Crippen LogP contribution in [0, 0.1) is 0 Å². The van der Waals surface area contributed by atoms with Gasteiger partial charge in [-0.3, -0.25) is 0 Å². The van der Waals surface area contributed by atoms with Gasteiger partial charge in [0.05, 0.1) is 5.72 Å². The average molecular weight is 262 g/mol. The van der Waals surface area contributed by atoms with E-state index in [1.165, 1.54) is 25.7 Å². The van der Waals surface area contributed by atoms with E-state index < -0.39 is 0 Å². The number of ether oxygens (including phenoxy) is 1. The molecule has 2 rings (SSSR count). The standard InChI is InChI=1S/C13H21BN3O.CH4/c1-3-11-15-12(14-2)17-13(16-11)18-10-8-6-4-5-7-9-10;/h10H,3-9H2,1-2H3;1H4. The van der Waals surface area contributed by atoms with E-state index in [-0.39, 0.29) is 13.5 Å². The van der Waals surface area contributed by atoms with Gasteiger partial charge >= 0.3 is 6.01 Å². The molecule has 0 aromatic carbocycles. The number of rotatable bonds is 4. The molecule has 0 spiro atoms. The molecule has 1 aromatic rings. The van der Waals surface area contributed by atoms with Crippen molar-refractivity contribution in [2.45, 2.75) is 72.2 Å². The number of nitrogens with zero attached hydrogens (tertiary/aromatic N) is 3. The van der Waals surface area contributed by atoms with Gasteiger partial charge in [-0.25, -0.2) is 4.98 Å². The molecule has 5 heteroatoms. The second kappa shape index (κ2) is 8.13. The molecule has 105 valence electrons. The summed E-state index contributed by atoms with van der Waals surface area (Å²) in [5.74, 6) is 0.807. The van der Waals surface area contributed by atoms with Gasteiger partial charge in [-0.2, -0.15) is 9.97 Å². The van der Waals surface area contributed by atoms with Crippen LogP contribution in [0.2, 0.25) is 6.82 Å². The maximum Gasteiger partial charge on any atom is 0.319 e. The minimum absolute atomic E-state index is 0. The van der Waals surface area contributed by atoms with Gasteiger partial charge in [0.15, 0.2) is 0 Å². The predicted molar refractivity (Wildman–Crippen MR) is 79.3 cm³/mol. The number of hydrogen-bond donors (Lipinski definition) is 0. The van der Waals surface area contributed by atoms with Gasteiger partial charge in [0, 0.05) is 6.42 Å². The highest BCUT2D eigenvalue weighted by Crippen LogP contribution is 2.20. The fourth-order valence-electron chi connectivity index (χ4n) is 2.26. The minimum Gasteiger partial charge on any atom is -0.460 e. The van der Waals surface area contributed by atoms with Crippen molar-refractivity contribution < 1.29 is 4.74 Å². The van der Waals surface area contributed by atoms with Crippen molar-refractivity contribution in [3.05, 3.63) is 5.82 Å². The molecule has 1 fully saturated rings. The van der Waals surface area contributed by atoms with Crippen LogP contribution in [-0.2, 0) is 6.42 Å². The Morgan fingerprint density at radius 1 is 1.11 bits per heavy atom.